The summed E-state index contributed by atoms with van der Waals surface area (Å²) in [5.74, 6) is 0.843. The summed E-state index contributed by atoms with van der Waals surface area (Å²) in [5.41, 5.74) is 4.02. The Bertz CT molecular complexity index is 375. The minimum atomic E-state index is 0.202. The Morgan fingerprint density at radius 1 is 1.11 bits per heavy atom. The monoisotopic (exact) mass is 264 g/mol. The third-order valence-corrected chi connectivity index (χ3v) is 4.69. The molecule has 0 saturated heterocycles. The smallest absolute Gasteiger partial charge is 0.0590 e. The average Bonchev–Trinajstić information content (AvgIpc) is 2.57. The molecule has 18 heavy (non-hydrogen) atoms. The maximum Gasteiger partial charge on any atom is 0.0590 e. The van der Waals surface area contributed by atoms with Crippen molar-refractivity contribution in [3.8, 4) is 0 Å². The first-order valence-electron chi connectivity index (χ1n) is 7.38. The second-order valence-electron chi connectivity index (χ2n) is 5.92. The molecule has 0 aliphatic heterocycles. The number of alkyl halides is 1. The van der Waals surface area contributed by atoms with Gasteiger partial charge in [0.15, 0.2) is 0 Å². The highest BCUT2D eigenvalue weighted by Gasteiger charge is 2.18. The molecular weight excluding hydrogens is 240 g/mol. The maximum absolute atomic E-state index is 6.65. The summed E-state index contributed by atoms with van der Waals surface area (Å²) in [6.45, 7) is 4.33. The van der Waals surface area contributed by atoms with Crippen molar-refractivity contribution in [3.63, 3.8) is 0 Å². The molecule has 1 unspecified atom stereocenters. The minimum Gasteiger partial charge on any atom is -0.118 e. The molecule has 1 heteroatoms. The van der Waals surface area contributed by atoms with Gasteiger partial charge in [-0.1, -0.05) is 62.3 Å². The van der Waals surface area contributed by atoms with Crippen molar-refractivity contribution in [2.45, 2.75) is 64.2 Å². The molecule has 1 fully saturated rings. The number of halogens is 1. The van der Waals surface area contributed by atoms with E-state index in [1.165, 1.54) is 55.2 Å². The lowest BCUT2D eigenvalue weighted by atomic mass is 9.91. The first-order chi connectivity index (χ1) is 8.66. The summed E-state index contributed by atoms with van der Waals surface area (Å²) in [6.07, 6.45) is 9.58. The molecular formula is C17H25Cl. The van der Waals surface area contributed by atoms with Crippen molar-refractivity contribution in [1.82, 2.24) is 0 Å². The molecule has 0 amide bonds. The van der Waals surface area contributed by atoms with E-state index in [1.807, 2.05) is 0 Å². The van der Waals surface area contributed by atoms with Gasteiger partial charge in [0.25, 0.3) is 0 Å². The van der Waals surface area contributed by atoms with Crippen LogP contribution in [0.3, 0.4) is 0 Å². The fourth-order valence-corrected chi connectivity index (χ4v) is 3.69. The van der Waals surface area contributed by atoms with Gasteiger partial charge in [-0.2, -0.15) is 0 Å². The lowest BCUT2D eigenvalue weighted by molar-refractivity contribution is 0.422. The lowest BCUT2D eigenvalue weighted by Gasteiger charge is -2.19. The van der Waals surface area contributed by atoms with Crippen molar-refractivity contribution in [2.75, 3.05) is 0 Å². The summed E-state index contributed by atoms with van der Waals surface area (Å²) in [4.78, 5) is 0. The molecule has 0 spiro atoms. The van der Waals surface area contributed by atoms with E-state index in [1.54, 1.807) is 0 Å². The Kier molecular flexibility index (Phi) is 5.12. The van der Waals surface area contributed by atoms with Gasteiger partial charge >= 0.3 is 0 Å². The van der Waals surface area contributed by atoms with E-state index < -0.39 is 0 Å². The molecule has 0 aromatic heterocycles. The number of benzene rings is 1. The Morgan fingerprint density at radius 2 is 1.78 bits per heavy atom. The summed E-state index contributed by atoms with van der Waals surface area (Å²) in [6, 6.07) is 6.65. The molecule has 1 aromatic carbocycles. The Hall–Kier alpha value is -0.490. The molecule has 1 saturated carbocycles. The second kappa shape index (κ2) is 6.61. The van der Waals surface area contributed by atoms with Gasteiger partial charge in [0, 0.05) is 0 Å². The van der Waals surface area contributed by atoms with Crippen LogP contribution >= 0.6 is 11.6 Å². The molecule has 1 aliphatic carbocycles. The SMILES string of the molecule is Cc1ccc(C(Cl)CC2CCCCCC2)c(C)c1. The second-order valence-corrected chi connectivity index (χ2v) is 6.45. The van der Waals surface area contributed by atoms with Crippen molar-refractivity contribution >= 4 is 11.6 Å². The van der Waals surface area contributed by atoms with Crippen LogP contribution in [0.5, 0.6) is 0 Å². The van der Waals surface area contributed by atoms with E-state index in [4.69, 9.17) is 11.6 Å². The van der Waals surface area contributed by atoms with Crippen LogP contribution in [0, 0.1) is 19.8 Å². The van der Waals surface area contributed by atoms with E-state index in [-0.39, 0.29) is 5.38 Å². The van der Waals surface area contributed by atoms with E-state index >= 15 is 0 Å². The Morgan fingerprint density at radius 3 is 2.39 bits per heavy atom. The van der Waals surface area contributed by atoms with Crippen molar-refractivity contribution < 1.29 is 0 Å². The van der Waals surface area contributed by atoms with Crippen LogP contribution in [0.1, 0.15) is 67.0 Å². The van der Waals surface area contributed by atoms with Crippen LogP contribution in [-0.4, -0.2) is 0 Å². The van der Waals surface area contributed by atoms with Crippen molar-refractivity contribution in [3.05, 3.63) is 34.9 Å². The number of rotatable bonds is 3. The number of aryl methyl sites for hydroxylation is 2. The fraction of sp³-hybridized carbons (Fsp3) is 0.647. The third kappa shape index (κ3) is 3.75. The van der Waals surface area contributed by atoms with Gasteiger partial charge in [-0.25, -0.2) is 0 Å². The van der Waals surface area contributed by atoms with Crippen LogP contribution in [0.25, 0.3) is 0 Å². The lowest BCUT2D eigenvalue weighted by Crippen LogP contribution is -2.04. The summed E-state index contributed by atoms with van der Waals surface area (Å²) in [5, 5.41) is 0.202. The van der Waals surface area contributed by atoms with E-state index in [0.29, 0.717) is 0 Å². The molecule has 100 valence electrons. The molecule has 0 heterocycles. The quantitative estimate of drug-likeness (QED) is 0.468. The van der Waals surface area contributed by atoms with Gasteiger partial charge in [0.1, 0.15) is 0 Å². The predicted molar refractivity (Wildman–Crippen MR) is 80.3 cm³/mol. The highest BCUT2D eigenvalue weighted by atomic mass is 35.5. The first kappa shape index (κ1) is 13.9. The Labute approximate surface area is 117 Å². The third-order valence-electron chi connectivity index (χ3n) is 4.28. The van der Waals surface area contributed by atoms with Crippen LogP contribution in [0.2, 0.25) is 0 Å². The van der Waals surface area contributed by atoms with E-state index in [0.717, 1.165) is 12.3 Å². The predicted octanol–water partition coefficient (Wildman–Crippen LogP) is 5.94. The van der Waals surface area contributed by atoms with E-state index in [2.05, 4.69) is 32.0 Å². The van der Waals surface area contributed by atoms with Crippen molar-refractivity contribution in [2.24, 2.45) is 5.92 Å². The summed E-state index contributed by atoms with van der Waals surface area (Å²) < 4.78 is 0. The first-order valence-corrected chi connectivity index (χ1v) is 7.81. The minimum absolute atomic E-state index is 0.202. The highest BCUT2D eigenvalue weighted by Crippen LogP contribution is 2.35. The Balaban J connectivity index is 1.99. The van der Waals surface area contributed by atoms with Crippen molar-refractivity contribution in [1.29, 1.82) is 0 Å². The van der Waals surface area contributed by atoms with Gasteiger partial charge in [-0.15, -0.1) is 11.6 Å². The van der Waals surface area contributed by atoms with E-state index in [9.17, 15) is 0 Å². The number of hydrogen-bond acceptors (Lipinski definition) is 0. The molecule has 0 radical (unpaired) electrons. The fourth-order valence-electron chi connectivity index (χ4n) is 3.20. The standard InChI is InChI=1S/C17H25Cl/c1-13-9-10-16(14(2)11-13)17(18)12-15-7-5-3-4-6-8-15/h9-11,15,17H,3-8,12H2,1-2H3. The van der Waals surface area contributed by atoms with Gasteiger partial charge < -0.3 is 0 Å². The van der Waals surface area contributed by atoms with Crippen LogP contribution in [-0.2, 0) is 0 Å². The van der Waals surface area contributed by atoms with Gasteiger partial charge in [0.2, 0.25) is 0 Å². The maximum atomic E-state index is 6.65. The normalized spacial score (nSPS) is 19.5. The van der Waals surface area contributed by atoms with Crippen LogP contribution < -0.4 is 0 Å². The molecule has 0 N–H and O–H groups in total. The largest absolute Gasteiger partial charge is 0.118 e. The zero-order chi connectivity index (χ0) is 13.0. The van der Waals surface area contributed by atoms with Crippen LogP contribution in [0.4, 0.5) is 0 Å². The average molecular weight is 265 g/mol. The topological polar surface area (TPSA) is 0 Å². The molecule has 2 rings (SSSR count). The summed E-state index contributed by atoms with van der Waals surface area (Å²) in [7, 11) is 0. The molecule has 0 bridgehead atoms. The molecule has 1 aromatic rings. The molecule has 0 nitrogen and oxygen atoms in total. The van der Waals surface area contributed by atoms with Crippen LogP contribution in [0.15, 0.2) is 18.2 Å². The van der Waals surface area contributed by atoms with Gasteiger partial charge in [0.05, 0.1) is 5.38 Å². The zero-order valence-corrected chi connectivity index (χ0v) is 12.5. The molecule has 1 atom stereocenters. The highest BCUT2D eigenvalue weighted by molar-refractivity contribution is 6.20. The zero-order valence-electron chi connectivity index (χ0n) is 11.7. The van der Waals surface area contributed by atoms with Gasteiger partial charge in [-0.05, 0) is 37.3 Å². The molecule has 1 aliphatic rings. The number of hydrogen-bond donors (Lipinski definition) is 0. The summed E-state index contributed by atoms with van der Waals surface area (Å²) >= 11 is 6.65. The van der Waals surface area contributed by atoms with Gasteiger partial charge in [-0.3, -0.25) is 0 Å².